The third kappa shape index (κ3) is 3.71. The molecule has 0 bridgehead atoms. The van der Waals surface area contributed by atoms with Gasteiger partial charge in [0.15, 0.2) is 0 Å². The Bertz CT molecular complexity index is 821. The Hall–Kier alpha value is -1.66. The van der Waals surface area contributed by atoms with Crippen LogP contribution in [0.15, 0.2) is 41.9 Å². The minimum Gasteiger partial charge on any atom is -0.379 e. The average Bonchev–Trinajstić information content (AvgIpc) is 3.36. The van der Waals surface area contributed by atoms with Gasteiger partial charge in [-0.3, -0.25) is 4.90 Å². The minimum atomic E-state index is 0.426. The number of fused-ring (bicyclic) bond motifs is 1. The van der Waals surface area contributed by atoms with Crippen LogP contribution in [0.5, 0.6) is 0 Å². The van der Waals surface area contributed by atoms with Crippen molar-refractivity contribution < 1.29 is 4.74 Å². The largest absolute Gasteiger partial charge is 0.379 e. The summed E-state index contributed by atoms with van der Waals surface area (Å²) in [5.41, 5.74) is 4.02. The van der Waals surface area contributed by atoms with Crippen molar-refractivity contribution in [2.45, 2.75) is 25.9 Å². The maximum atomic E-state index is 5.54. The number of aromatic amines is 1. The second kappa shape index (κ2) is 8.35. The number of aromatic nitrogens is 1. The zero-order valence-electron chi connectivity index (χ0n) is 15.3. The predicted octanol–water partition coefficient (Wildman–Crippen LogP) is 3.95. The number of benzene rings is 1. The number of H-pyrrole nitrogens is 1. The topological polar surface area (TPSA) is 40.3 Å². The average molecular weight is 370 g/mol. The van der Waals surface area contributed by atoms with E-state index in [0.29, 0.717) is 6.04 Å². The number of hydrogen-bond acceptors (Lipinski definition) is 4. The Balaban J connectivity index is 1.45. The summed E-state index contributed by atoms with van der Waals surface area (Å²) in [6.07, 6.45) is 3.22. The van der Waals surface area contributed by atoms with Crippen LogP contribution in [0.25, 0.3) is 10.9 Å². The number of nitrogens with zero attached hydrogens (tertiary/aromatic N) is 1. The highest BCUT2D eigenvalue weighted by Gasteiger charge is 2.23. The van der Waals surface area contributed by atoms with Gasteiger partial charge in [0.05, 0.1) is 19.3 Å². The van der Waals surface area contributed by atoms with Crippen LogP contribution in [0.3, 0.4) is 0 Å². The number of ether oxygens (including phenoxy) is 1. The van der Waals surface area contributed by atoms with Crippen LogP contribution in [0.1, 0.15) is 29.0 Å². The Morgan fingerprint density at radius 3 is 2.85 bits per heavy atom. The number of rotatable bonds is 7. The highest BCUT2D eigenvalue weighted by molar-refractivity contribution is 7.10. The summed E-state index contributed by atoms with van der Waals surface area (Å²) in [6.45, 7) is 7.75. The molecule has 26 heavy (non-hydrogen) atoms. The summed E-state index contributed by atoms with van der Waals surface area (Å²) in [6, 6.07) is 11.4. The van der Waals surface area contributed by atoms with Gasteiger partial charge in [-0.25, -0.2) is 0 Å². The zero-order valence-corrected chi connectivity index (χ0v) is 16.1. The zero-order chi connectivity index (χ0) is 17.8. The fourth-order valence-electron chi connectivity index (χ4n) is 3.84. The second-order valence-electron chi connectivity index (χ2n) is 6.82. The van der Waals surface area contributed by atoms with Gasteiger partial charge >= 0.3 is 0 Å². The van der Waals surface area contributed by atoms with Crippen molar-refractivity contribution in [3.63, 3.8) is 0 Å². The van der Waals surface area contributed by atoms with Crippen molar-refractivity contribution in [3.05, 3.63) is 57.9 Å². The maximum Gasteiger partial charge on any atom is 0.0594 e. The van der Waals surface area contributed by atoms with Gasteiger partial charge in [0, 0.05) is 48.2 Å². The standard InChI is InChI=1S/C21H27N3OS/c1-2-16-5-3-6-18-17(14-23-21(16)18)13-22-15-19(20-7-4-12-26-20)24-8-10-25-11-9-24/h3-7,12,14,19,22-23H,2,8-11,13,15H2,1H3. The highest BCUT2D eigenvalue weighted by Crippen LogP contribution is 2.26. The molecule has 3 heterocycles. The van der Waals surface area contributed by atoms with E-state index in [2.05, 4.69) is 64.0 Å². The number of hydrogen-bond donors (Lipinski definition) is 2. The third-order valence-electron chi connectivity index (χ3n) is 5.28. The van der Waals surface area contributed by atoms with E-state index in [1.807, 2.05) is 11.3 Å². The number of morpholine rings is 1. The van der Waals surface area contributed by atoms with E-state index in [0.717, 1.165) is 45.8 Å². The van der Waals surface area contributed by atoms with Crippen molar-refractivity contribution in [1.29, 1.82) is 0 Å². The van der Waals surface area contributed by atoms with Crippen molar-refractivity contribution in [3.8, 4) is 0 Å². The van der Waals surface area contributed by atoms with E-state index in [9.17, 15) is 0 Å². The number of thiophene rings is 1. The fraction of sp³-hybridized carbons (Fsp3) is 0.429. The van der Waals surface area contributed by atoms with Gasteiger partial charge in [-0.2, -0.15) is 0 Å². The molecule has 2 aromatic heterocycles. The molecule has 1 fully saturated rings. The Kier molecular flexibility index (Phi) is 5.70. The molecule has 1 unspecified atom stereocenters. The lowest BCUT2D eigenvalue weighted by molar-refractivity contribution is 0.0168. The van der Waals surface area contributed by atoms with E-state index in [1.54, 1.807) is 0 Å². The van der Waals surface area contributed by atoms with E-state index in [4.69, 9.17) is 4.74 Å². The predicted molar refractivity (Wildman–Crippen MR) is 109 cm³/mol. The lowest BCUT2D eigenvalue weighted by Crippen LogP contribution is -2.42. The molecule has 1 saturated heterocycles. The lowest BCUT2D eigenvalue weighted by atomic mass is 10.1. The molecule has 2 N–H and O–H groups in total. The Morgan fingerprint density at radius 2 is 2.08 bits per heavy atom. The Labute approximate surface area is 159 Å². The summed E-state index contributed by atoms with van der Waals surface area (Å²) in [5.74, 6) is 0. The van der Waals surface area contributed by atoms with Crippen LogP contribution in [-0.4, -0.2) is 42.7 Å². The molecule has 1 atom stereocenters. The SMILES string of the molecule is CCc1cccc2c(CNCC(c3cccs3)N3CCOCC3)c[nH]c12. The summed E-state index contributed by atoms with van der Waals surface area (Å²) < 4.78 is 5.54. The van der Waals surface area contributed by atoms with E-state index in [1.165, 1.54) is 26.9 Å². The van der Waals surface area contributed by atoms with Gasteiger partial charge in [-0.05, 0) is 29.0 Å². The van der Waals surface area contributed by atoms with Gasteiger partial charge in [0.1, 0.15) is 0 Å². The minimum absolute atomic E-state index is 0.426. The van der Waals surface area contributed by atoms with Crippen molar-refractivity contribution >= 4 is 22.2 Å². The van der Waals surface area contributed by atoms with Gasteiger partial charge in [0.25, 0.3) is 0 Å². The molecule has 0 saturated carbocycles. The molecule has 138 valence electrons. The maximum absolute atomic E-state index is 5.54. The molecule has 4 nitrogen and oxygen atoms in total. The first-order valence-electron chi connectivity index (χ1n) is 9.50. The quantitative estimate of drug-likeness (QED) is 0.662. The molecule has 3 aromatic rings. The van der Waals surface area contributed by atoms with Crippen LogP contribution >= 0.6 is 11.3 Å². The molecule has 5 heteroatoms. The Morgan fingerprint density at radius 1 is 1.19 bits per heavy atom. The molecular weight excluding hydrogens is 342 g/mol. The first-order valence-corrected chi connectivity index (χ1v) is 10.4. The molecule has 0 aliphatic carbocycles. The molecule has 1 aliphatic heterocycles. The smallest absolute Gasteiger partial charge is 0.0594 e. The van der Waals surface area contributed by atoms with Gasteiger partial charge in [0.2, 0.25) is 0 Å². The summed E-state index contributed by atoms with van der Waals surface area (Å²) in [7, 11) is 0. The van der Waals surface area contributed by atoms with E-state index in [-0.39, 0.29) is 0 Å². The first-order chi connectivity index (χ1) is 12.9. The van der Waals surface area contributed by atoms with E-state index >= 15 is 0 Å². The van der Waals surface area contributed by atoms with Crippen LogP contribution in [-0.2, 0) is 17.7 Å². The van der Waals surface area contributed by atoms with Crippen molar-refractivity contribution in [2.24, 2.45) is 0 Å². The summed E-state index contributed by atoms with van der Waals surface area (Å²) in [5, 5.41) is 7.23. The molecule has 4 rings (SSSR count). The number of para-hydroxylation sites is 1. The van der Waals surface area contributed by atoms with Crippen LogP contribution in [0, 0.1) is 0 Å². The summed E-state index contributed by atoms with van der Waals surface area (Å²) in [4.78, 5) is 7.46. The summed E-state index contributed by atoms with van der Waals surface area (Å²) >= 11 is 1.85. The molecule has 0 amide bonds. The van der Waals surface area contributed by atoms with E-state index < -0.39 is 0 Å². The first kappa shape index (κ1) is 17.7. The van der Waals surface area contributed by atoms with Crippen molar-refractivity contribution in [2.75, 3.05) is 32.8 Å². The monoisotopic (exact) mass is 369 g/mol. The number of aryl methyl sites for hydroxylation is 1. The van der Waals surface area contributed by atoms with Gasteiger partial charge in [-0.15, -0.1) is 11.3 Å². The normalized spacial score (nSPS) is 17.0. The van der Waals surface area contributed by atoms with Gasteiger partial charge in [-0.1, -0.05) is 31.2 Å². The molecule has 0 spiro atoms. The molecule has 1 aliphatic rings. The van der Waals surface area contributed by atoms with Crippen LogP contribution in [0.2, 0.25) is 0 Å². The fourth-order valence-corrected chi connectivity index (χ4v) is 4.70. The third-order valence-corrected chi connectivity index (χ3v) is 6.25. The van der Waals surface area contributed by atoms with Crippen LogP contribution < -0.4 is 5.32 Å². The van der Waals surface area contributed by atoms with Crippen LogP contribution in [0.4, 0.5) is 0 Å². The number of nitrogens with one attached hydrogen (secondary N) is 2. The molecular formula is C21H27N3OS. The van der Waals surface area contributed by atoms with Gasteiger partial charge < -0.3 is 15.0 Å². The second-order valence-corrected chi connectivity index (χ2v) is 7.80. The molecule has 1 aromatic carbocycles. The lowest BCUT2D eigenvalue weighted by Gasteiger charge is -2.34. The molecule has 0 radical (unpaired) electrons. The highest BCUT2D eigenvalue weighted by atomic mass is 32.1. The van der Waals surface area contributed by atoms with Crippen molar-refractivity contribution in [1.82, 2.24) is 15.2 Å².